The fourth-order valence-corrected chi connectivity index (χ4v) is 8.26. The van der Waals surface area contributed by atoms with Gasteiger partial charge >= 0.3 is 17.9 Å². The minimum atomic E-state index is -0.787. The van der Waals surface area contributed by atoms with Crippen molar-refractivity contribution in [3.8, 4) is 0 Å². The molecule has 0 spiro atoms. The fraction of sp³-hybridized carbons (Fsp3) is 0.877. The van der Waals surface area contributed by atoms with E-state index in [4.69, 9.17) is 14.2 Å². The van der Waals surface area contributed by atoms with Crippen LogP contribution < -0.4 is 0 Å². The second kappa shape index (κ2) is 52.5. The second-order valence-corrected chi connectivity index (χ2v) is 18.9. The third kappa shape index (κ3) is 50.7. The molecule has 0 N–H and O–H groups in total. The van der Waals surface area contributed by atoms with Gasteiger partial charge in [0.1, 0.15) is 13.2 Å². The normalized spacial score (nSPS) is 12.1. The minimum Gasteiger partial charge on any atom is -0.462 e. The van der Waals surface area contributed by atoms with E-state index < -0.39 is 6.10 Å². The lowest BCUT2D eigenvalue weighted by Gasteiger charge is -2.18. The molecule has 6 heteroatoms. The van der Waals surface area contributed by atoms with E-state index in [-0.39, 0.29) is 37.5 Å². The smallest absolute Gasteiger partial charge is 0.306 e. The van der Waals surface area contributed by atoms with Crippen LogP contribution in [0.3, 0.4) is 0 Å². The molecular formula is C57H106O6. The highest BCUT2D eigenvalue weighted by molar-refractivity contribution is 5.71. The van der Waals surface area contributed by atoms with Gasteiger partial charge < -0.3 is 14.2 Å². The summed E-state index contributed by atoms with van der Waals surface area (Å²) in [6.07, 6.45) is 60.3. The van der Waals surface area contributed by atoms with Gasteiger partial charge in [0, 0.05) is 19.3 Å². The van der Waals surface area contributed by atoms with E-state index in [9.17, 15) is 14.4 Å². The molecule has 1 atom stereocenters. The van der Waals surface area contributed by atoms with Gasteiger partial charge in [-0.25, -0.2) is 0 Å². The van der Waals surface area contributed by atoms with E-state index in [1.807, 2.05) is 6.08 Å². The zero-order chi connectivity index (χ0) is 45.8. The maximum Gasteiger partial charge on any atom is 0.306 e. The molecule has 0 rings (SSSR count). The molecule has 0 aliphatic heterocycles. The van der Waals surface area contributed by atoms with Crippen LogP contribution in [0.1, 0.15) is 303 Å². The van der Waals surface area contributed by atoms with Crippen LogP contribution >= 0.6 is 0 Å². The highest BCUT2D eigenvalue weighted by Gasteiger charge is 2.19. The molecule has 370 valence electrons. The van der Waals surface area contributed by atoms with Crippen molar-refractivity contribution in [2.24, 2.45) is 0 Å². The molecule has 0 saturated carbocycles. The Morgan fingerprint density at radius 3 is 0.968 bits per heavy atom. The molecule has 6 nitrogen and oxygen atoms in total. The second-order valence-electron chi connectivity index (χ2n) is 18.9. The summed E-state index contributed by atoms with van der Waals surface area (Å²) < 4.78 is 16.8. The molecule has 0 heterocycles. The molecule has 0 aliphatic rings. The number of ether oxygens (including phenoxy) is 3. The molecule has 0 aromatic heterocycles. The van der Waals surface area contributed by atoms with E-state index in [0.29, 0.717) is 19.3 Å². The van der Waals surface area contributed by atoms with Crippen LogP contribution in [0.15, 0.2) is 24.3 Å². The number of allylic oxidation sites excluding steroid dienone is 4. The van der Waals surface area contributed by atoms with Crippen molar-refractivity contribution in [1.82, 2.24) is 0 Å². The lowest BCUT2D eigenvalue weighted by atomic mass is 10.0. The third-order valence-electron chi connectivity index (χ3n) is 12.5. The molecule has 0 bridgehead atoms. The Balaban J connectivity index is 4.37. The molecular weight excluding hydrogens is 781 g/mol. The average Bonchev–Trinajstić information content (AvgIpc) is 3.28. The summed E-state index contributed by atoms with van der Waals surface area (Å²) in [5.41, 5.74) is 0. The van der Waals surface area contributed by atoms with Gasteiger partial charge in [0.15, 0.2) is 6.10 Å². The van der Waals surface area contributed by atoms with Crippen LogP contribution in [-0.2, 0) is 28.6 Å². The number of hydrogen-bond acceptors (Lipinski definition) is 6. The fourth-order valence-electron chi connectivity index (χ4n) is 8.26. The average molecular weight is 887 g/mol. The van der Waals surface area contributed by atoms with Gasteiger partial charge in [-0.3, -0.25) is 14.4 Å². The Hall–Kier alpha value is -2.11. The first-order valence-electron chi connectivity index (χ1n) is 27.8. The van der Waals surface area contributed by atoms with Gasteiger partial charge in [0.2, 0.25) is 0 Å². The molecule has 63 heavy (non-hydrogen) atoms. The lowest BCUT2D eigenvalue weighted by Crippen LogP contribution is -2.30. The summed E-state index contributed by atoms with van der Waals surface area (Å²) in [5.74, 6) is -0.934. The summed E-state index contributed by atoms with van der Waals surface area (Å²) in [6, 6.07) is 0. The molecule has 0 aromatic rings. The molecule has 0 aliphatic carbocycles. The zero-order valence-corrected chi connectivity index (χ0v) is 42.4. The van der Waals surface area contributed by atoms with Gasteiger partial charge in [0.25, 0.3) is 0 Å². The van der Waals surface area contributed by atoms with E-state index in [1.54, 1.807) is 0 Å². The standard InChI is InChI=1S/C57H106O6/c1-4-7-10-13-16-19-22-25-27-29-32-35-38-41-44-47-50-56(59)62-53-54(52-61-55(58)49-46-43-40-37-34-31-24-21-18-15-12-9-6-3)63-57(60)51-48-45-42-39-36-33-30-28-26-23-20-17-14-11-8-5-2/h31,34,40,43,54H,4-30,32-33,35-39,41-42,44-53H2,1-3H3/b34-31-,43-40-. The number of unbranched alkanes of at least 4 members (excludes halogenated alkanes) is 36. The quantitative estimate of drug-likeness (QED) is 0.0262. The van der Waals surface area contributed by atoms with Gasteiger partial charge in [-0.05, 0) is 38.5 Å². The van der Waals surface area contributed by atoms with Crippen molar-refractivity contribution in [2.45, 2.75) is 309 Å². The largest absolute Gasteiger partial charge is 0.462 e. The van der Waals surface area contributed by atoms with E-state index in [0.717, 1.165) is 51.4 Å². The third-order valence-corrected chi connectivity index (χ3v) is 12.5. The van der Waals surface area contributed by atoms with Gasteiger partial charge in [0.05, 0.1) is 0 Å². The van der Waals surface area contributed by atoms with Gasteiger partial charge in [-0.15, -0.1) is 0 Å². The highest BCUT2D eigenvalue weighted by Crippen LogP contribution is 2.17. The van der Waals surface area contributed by atoms with Crippen molar-refractivity contribution in [3.05, 3.63) is 24.3 Å². The van der Waals surface area contributed by atoms with Crippen molar-refractivity contribution in [1.29, 1.82) is 0 Å². The van der Waals surface area contributed by atoms with E-state index in [2.05, 4.69) is 39.0 Å². The molecule has 1 unspecified atom stereocenters. The predicted octanol–water partition coefficient (Wildman–Crippen LogP) is 18.3. The first kappa shape index (κ1) is 60.9. The van der Waals surface area contributed by atoms with Crippen molar-refractivity contribution in [2.75, 3.05) is 13.2 Å². The summed E-state index contributed by atoms with van der Waals surface area (Å²) in [6.45, 7) is 6.62. The van der Waals surface area contributed by atoms with Crippen LogP contribution in [-0.4, -0.2) is 37.2 Å². The number of hydrogen-bond donors (Lipinski definition) is 0. The molecule has 0 saturated heterocycles. The Kier molecular flexibility index (Phi) is 50.8. The minimum absolute atomic E-state index is 0.0827. The maximum absolute atomic E-state index is 12.8. The summed E-state index contributed by atoms with van der Waals surface area (Å²) in [7, 11) is 0. The first-order valence-corrected chi connectivity index (χ1v) is 27.8. The molecule has 0 fully saturated rings. The molecule has 0 aromatic carbocycles. The van der Waals surface area contributed by atoms with Crippen LogP contribution in [0.4, 0.5) is 0 Å². The van der Waals surface area contributed by atoms with Gasteiger partial charge in [-0.1, -0.05) is 270 Å². The number of esters is 3. The van der Waals surface area contributed by atoms with Gasteiger partial charge in [-0.2, -0.15) is 0 Å². The topological polar surface area (TPSA) is 78.9 Å². The van der Waals surface area contributed by atoms with Crippen LogP contribution in [0.5, 0.6) is 0 Å². The molecule has 0 radical (unpaired) electrons. The Morgan fingerprint density at radius 1 is 0.317 bits per heavy atom. The SMILES string of the molecule is CCCCCCCC/C=C\C/C=C\CCC(=O)OCC(COC(=O)CCCCCCCCCCCCCCCCCC)OC(=O)CCCCCCCCCCCCCCCCCC. The Labute approximate surface area is 392 Å². The number of carbonyl (C=O) groups excluding carboxylic acids is 3. The highest BCUT2D eigenvalue weighted by atomic mass is 16.6. The van der Waals surface area contributed by atoms with E-state index in [1.165, 1.54) is 205 Å². The zero-order valence-electron chi connectivity index (χ0n) is 42.4. The first-order chi connectivity index (χ1) is 31.0. The predicted molar refractivity (Wildman–Crippen MR) is 270 cm³/mol. The van der Waals surface area contributed by atoms with Crippen molar-refractivity contribution >= 4 is 17.9 Å². The molecule has 0 amide bonds. The van der Waals surface area contributed by atoms with Crippen LogP contribution in [0.25, 0.3) is 0 Å². The monoisotopic (exact) mass is 887 g/mol. The van der Waals surface area contributed by atoms with Crippen LogP contribution in [0.2, 0.25) is 0 Å². The van der Waals surface area contributed by atoms with Crippen molar-refractivity contribution < 1.29 is 28.6 Å². The van der Waals surface area contributed by atoms with Crippen molar-refractivity contribution in [3.63, 3.8) is 0 Å². The summed E-state index contributed by atoms with van der Waals surface area (Å²) >= 11 is 0. The number of rotatable bonds is 51. The summed E-state index contributed by atoms with van der Waals surface area (Å²) in [5, 5.41) is 0. The Bertz CT molecular complexity index is 1020. The van der Waals surface area contributed by atoms with Crippen LogP contribution in [0, 0.1) is 0 Å². The number of carbonyl (C=O) groups is 3. The summed E-state index contributed by atoms with van der Waals surface area (Å²) in [4.78, 5) is 38.0. The lowest BCUT2D eigenvalue weighted by molar-refractivity contribution is -0.166. The Morgan fingerprint density at radius 2 is 0.603 bits per heavy atom. The maximum atomic E-state index is 12.8. The van der Waals surface area contributed by atoms with E-state index >= 15 is 0 Å².